The van der Waals surface area contributed by atoms with Gasteiger partial charge in [-0.25, -0.2) is 0 Å². The van der Waals surface area contributed by atoms with Crippen LogP contribution in [-0.4, -0.2) is 23.4 Å². The van der Waals surface area contributed by atoms with Gasteiger partial charge in [0.1, 0.15) is 0 Å². The van der Waals surface area contributed by atoms with E-state index in [1.807, 2.05) is 23.1 Å². The first-order chi connectivity index (χ1) is 8.20. The molecule has 2 N–H and O–H groups in total. The highest BCUT2D eigenvalue weighted by molar-refractivity contribution is 5.78. The molecule has 17 heavy (non-hydrogen) atoms. The van der Waals surface area contributed by atoms with E-state index in [2.05, 4.69) is 19.1 Å². The Morgan fingerprint density at radius 3 is 2.76 bits per heavy atom. The van der Waals surface area contributed by atoms with E-state index >= 15 is 0 Å². The fourth-order valence-electron chi connectivity index (χ4n) is 2.38. The first-order valence-corrected chi connectivity index (χ1v) is 6.28. The van der Waals surface area contributed by atoms with Crippen molar-refractivity contribution >= 4 is 5.91 Å². The van der Waals surface area contributed by atoms with Crippen LogP contribution in [0.3, 0.4) is 0 Å². The number of carbonyl (C=O) groups is 1. The molecular formula is C14H20N2O. The summed E-state index contributed by atoms with van der Waals surface area (Å²) in [6.07, 6.45) is 1.55. The molecule has 0 aromatic heterocycles. The van der Waals surface area contributed by atoms with E-state index in [1.54, 1.807) is 0 Å². The number of hydrogen-bond acceptors (Lipinski definition) is 2. The Hall–Kier alpha value is -1.35. The first kappa shape index (κ1) is 12.1. The topological polar surface area (TPSA) is 46.3 Å². The molecule has 1 heterocycles. The maximum Gasteiger partial charge on any atom is 0.223 e. The first-order valence-electron chi connectivity index (χ1n) is 6.28. The normalized spacial score (nSPS) is 21.9. The number of nitrogens with two attached hydrogens (primary N) is 1. The molecule has 0 aliphatic carbocycles. The van der Waals surface area contributed by atoms with Crippen LogP contribution in [0.25, 0.3) is 0 Å². The van der Waals surface area contributed by atoms with Gasteiger partial charge in [-0.1, -0.05) is 37.3 Å². The summed E-state index contributed by atoms with van der Waals surface area (Å²) in [5.74, 6) is 0.568. The second kappa shape index (κ2) is 5.32. The van der Waals surface area contributed by atoms with Crippen molar-refractivity contribution in [2.45, 2.75) is 32.4 Å². The molecular weight excluding hydrogens is 212 g/mol. The molecule has 1 aromatic rings. The second-order valence-corrected chi connectivity index (χ2v) is 4.80. The van der Waals surface area contributed by atoms with Crippen LogP contribution in [0, 0.1) is 5.92 Å². The zero-order chi connectivity index (χ0) is 12.3. The molecule has 3 nitrogen and oxygen atoms in total. The molecule has 92 valence electrons. The van der Waals surface area contributed by atoms with Gasteiger partial charge in [0.05, 0.1) is 0 Å². The van der Waals surface area contributed by atoms with Gasteiger partial charge >= 0.3 is 0 Å². The van der Waals surface area contributed by atoms with E-state index < -0.39 is 0 Å². The highest BCUT2D eigenvalue weighted by Crippen LogP contribution is 2.23. The SMILES string of the molecule is CC[C@H](N)C1CC(=O)N(Cc2ccccc2)C1. The zero-order valence-electron chi connectivity index (χ0n) is 10.3. The third-order valence-electron chi connectivity index (χ3n) is 3.54. The van der Waals surface area contributed by atoms with Crippen molar-refractivity contribution in [2.24, 2.45) is 11.7 Å². The maximum absolute atomic E-state index is 11.9. The van der Waals surface area contributed by atoms with E-state index in [0.717, 1.165) is 13.0 Å². The van der Waals surface area contributed by atoms with Crippen LogP contribution in [0.5, 0.6) is 0 Å². The number of hydrogen-bond donors (Lipinski definition) is 1. The Kier molecular flexibility index (Phi) is 3.79. The summed E-state index contributed by atoms with van der Waals surface area (Å²) in [4.78, 5) is 13.8. The van der Waals surface area contributed by atoms with Crippen LogP contribution in [0.15, 0.2) is 30.3 Å². The third-order valence-corrected chi connectivity index (χ3v) is 3.54. The molecule has 1 aromatic carbocycles. The molecule has 3 heteroatoms. The van der Waals surface area contributed by atoms with Gasteiger partial charge in [-0.05, 0) is 12.0 Å². The Labute approximate surface area is 103 Å². The number of likely N-dealkylation sites (tertiary alicyclic amines) is 1. The van der Waals surface area contributed by atoms with Gasteiger partial charge in [0.15, 0.2) is 0 Å². The van der Waals surface area contributed by atoms with E-state index in [-0.39, 0.29) is 11.9 Å². The average Bonchev–Trinajstić information content (AvgIpc) is 2.71. The van der Waals surface area contributed by atoms with E-state index in [4.69, 9.17) is 5.73 Å². The molecule has 1 aliphatic rings. The minimum Gasteiger partial charge on any atom is -0.338 e. The number of rotatable bonds is 4. The second-order valence-electron chi connectivity index (χ2n) is 4.80. The van der Waals surface area contributed by atoms with Gasteiger partial charge in [-0.15, -0.1) is 0 Å². The third kappa shape index (κ3) is 2.86. The highest BCUT2D eigenvalue weighted by atomic mass is 16.2. The van der Waals surface area contributed by atoms with E-state index in [1.165, 1.54) is 5.56 Å². The monoisotopic (exact) mass is 232 g/mol. The van der Waals surface area contributed by atoms with Crippen LogP contribution in [0.2, 0.25) is 0 Å². The largest absolute Gasteiger partial charge is 0.338 e. The lowest BCUT2D eigenvalue weighted by atomic mass is 9.98. The van der Waals surface area contributed by atoms with Crippen molar-refractivity contribution in [2.75, 3.05) is 6.54 Å². The smallest absolute Gasteiger partial charge is 0.223 e. The number of amides is 1. The predicted molar refractivity (Wildman–Crippen MR) is 68.2 cm³/mol. The van der Waals surface area contributed by atoms with Crippen molar-refractivity contribution in [1.82, 2.24) is 4.90 Å². The Bertz CT molecular complexity index is 377. The zero-order valence-corrected chi connectivity index (χ0v) is 10.3. The summed E-state index contributed by atoms with van der Waals surface area (Å²) in [6.45, 7) is 3.60. The predicted octanol–water partition coefficient (Wildman–Crippen LogP) is 1.77. The van der Waals surface area contributed by atoms with Crippen LogP contribution >= 0.6 is 0 Å². The lowest BCUT2D eigenvalue weighted by Crippen LogP contribution is -2.32. The standard InChI is InChI=1S/C14H20N2O/c1-2-13(15)12-8-14(17)16(10-12)9-11-6-4-3-5-7-11/h3-7,12-13H,2,8-10,15H2,1H3/t12?,13-/m0/s1. The molecule has 1 aliphatic heterocycles. The number of nitrogens with zero attached hydrogens (tertiary/aromatic N) is 1. The summed E-state index contributed by atoms with van der Waals surface area (Å²) in [6, 6.07) is 10.3. The van der Waals surface area contributed by atoms with Gasteiger partial charge in [0.25, 0.3) is 0 Å². The Morgan fingerprint density at radius 2 is 2.12 bits per heavy atom. The maximum atomic E-state index is 11.9. The van der Waals surface area contributed by atoms with Gasteiger partial charge in [0, 0.05) is 31.5 Å². The molecule has 0 spiro atoms. The van der Waals surface area contributed by atoms with Crippen LogP contribution in [0.1, 0.15) is 25.3 Å². The molecule has 2 rings (SSSR count). The minimum atomic E-state index is 0.153. The Morgan fingerprint density at radius 1 is 1.41 bits per heavy atom. The summed E-state index contributed by atoms with van der Waals surface area (Å²) < 4.78 is 0. The molecule has 1 fully saturated rings. The van der Waals surface area contributed by atoms with Crippen molar-refractivity contribution in [3.63, 3.8) is 0 Å². The van der Waals surface area contributed by atoms with Crippen LogP contribution in [0.4, 0.5) is 0 Å². The molecule has 0 saturated carbocycles. The molecule has 2 atom stereocenters. The lowest BCUT2D eigenvalue weighted by Gasteiger charge is -2.19. The Balaban J connectivity index is 1.97. The highest BCUT2D eigenvalue weighted by Gasteiger charge is 2.32. The number of carbonyl (C=O) groups excluding carboxylic acids is 1. The summed E-state index contributed by atoms with van der Waals surface area (Å²) in [5.41, 5.74) is 7.20. The fraction of sp³-hybridized carbons (Fsp3) is 0.500. The van der Waals surface area contributed by atoms with Gasteiger partial charge < -0.3 is 10.6 Å². The van der Waals surface area contributed by atoms with Crippen molar-refractivity contribution < 1.29 is 4.79 Å². The molecule has 1 amide bonds. The van der Waals surface area contributed by atoms with Crippen LogP contribution in [-0.2, 0) is 11.3 Å². The lowest BCUT2D eigenvalue weighted by molar-refractivity contribution is -0.128. The fourth-order valence-corrected chi connectivity index (χ4v) is 2.38. The van der Waals surface area contributed by atoms with Gasteiger partial charge in [-0.3, -0.25) is 4.79 Å². The van der Waals surface area contributed by atoms with Crippen molar-refractivity contribution in [1.29, 1.82) is 0 Å². The average molecular weight is 232 g/mol. The van der Waals surface area contributed by atoms with Gasteiger partial charge in [-0.2, -0.15) is 0 Å². The minimum absolute atomic E-state index is 0.153. The van der Waals surface area contributed by atoms with Crippen LogP contribution < -0.4 is 5.73 Å². The summed E-state index contributed by atoms with van der Waals surface area (Å²) >= 11 is 0. The molecule has 0 bridgehead atoms. The quantitative estimate of drug-likeness (QED) is 0.860. The molecule has 0 radical (unpaired) electrons. The van der Waals surface area contributed by atoms with Crippen molar-refractivity contribution in [3.8, 4) is 0 Å². The summed E-state index contributed by atoms with van der Waals surface area (Å²) in [5, 5.41) is 0. The molecule has 1 unspecified atom stereocenters. The van der Waals surface area contributed by atoms with Gasteiger partial charge in [0.2, 0.25) is 5.91 Å². The van der Waals surface area contributed by atoms with E-state index in [9.17, 15) is 4.79 Å². The van der Waals surface area contributed by atoms with Crippen molar-refractivity contribution in [3.05, 3.63) is 35.9 Å². The molecule has 1 saturated heterocycles. The number of benzene rings is 1. The summed E-state index contributed by atoms with van der Waals surface area (Å²) in [7, 11) is 0. The van der Waals surface area contributed by atoms with E-state index in [0.29, 0.717) is 18.9 Å².